The van der Waals surface area contributed by atoms with Crippen LogP contribution in [-0.2, 0) is 4.79 Å². The maximum atomic E-state index is 12.2. The van der Waals surface area contributed by atoms with E-state index < -0.39 is 0 Å². The monoisotopic (exact) mass is 210 g/mol. The lowest BCUT2D eigenvalue weighted by Gasteiger charge is -2.26. The Balaban J connectivity index is 1.85. The molecular formula is C12H22N2O. The van der Waals surface area contributed by atoms with Gasteiger partial charge in [-0.2, -0.15) is 0 Å². The van der Waals surface area contributed by atoms with Crippen LogP contribution in [0.3, 0.4) is 0 Å². The summed E-state index contributed by atoms with van der Waals surface area (Å²) in [6.07, 6.45) is 4.50. The second-order valence-electron chi connectivity index (χ2n) is 4.87. The summed E-state index contributed by atoms with van der Waals surface area (Å²) in [5.41, 5.74) is 0. The number of likely N-dealkylation sites (tertiary alicyclic amines) is 1. The molecule has 0 aromatic rings. The van der Waals surface area contributed by atoms with Crippen molar-refractivity contribution in [3.05, 3.63) is 0 Å². The number of rotatable bonds is 2. The Kier molecular flexibility index (Phi) is 3.62. The number of nitrogens with zero attached hydrogens (tertiary/aromatic N) is 1. The van der Waals surface area contributed by atoms with E-state index in [0.717, 1.165) is 44.9 Å². The highest BCUT2D eigenvalue weighted by atomic mass is 16.2. The molecule has 0 bridgehead atoms. The Labute approximate surface area is 92.2 Å². The molecule has 2 aliphatic rings. The normalized spacial score (nSPS) is 28.3. The molecule has 1 N–H and O–H groups in total. The molecule has 0 saturated carbocycles. The van der Waals surface area contributed by atoms with Gasteiger partial charge in [-0.15, -0.1) is 0 Å². The number of hydrogen-bond acceptors (Lipinski definition) is 2. The van der Waals surface area contributed by atoms with Crippen molar-refractivity contribution >= 4 is 5.91 Å². The van der Waals surface area contributed by atoms with Crippen LogP contribution in [0.4, 0.5) is 0 Å². The predicted molar refractivity (Wildman–Crippen MR) is 60.6 cm³/mol. The van der Waals surface area contributed by atoms with E-state index in [1.54, 1.807) is 0 Å². The second-order valence-corrected chi connectivity index (χ2v) is 4.87. The van der Waals surface area contributed by atoms with Crippen molar-refractivity contribution in [2.24, 2.45) is 11.8 Å². The number of amides is 1. The standard InChI is InChI=1S/C12H22N2O/c1-2-10-5-8-14(9-10)12(15)11-3-6-13-7-4-11/h10-11,13H,2-9H2,1H3. The molecule has 2 saturated heterocycles. The summed E-state index contributed by atoms with van der Waals surface area (Å²) in [5.74, 6) is 1.49. The fraction of sp³-hybridized carbons (Fsp3) is 0.917. The van der Waals surface area contributed by atoms with Gasteiger partial charge in [-0.3, -0.25) is 4.79 Å². The molecule has 1 atom stereocenters. The molecule has 0 aliphatic carbocycles. The summed E-state index contributed by atoms with van der Waals surface area (Å²) in [5, 5.41) is 3.31. The number of carbonyl (C=O) groups is 1. The molecule has 2 rings (SSSR count). The third-order valence-corrected chi connectivity index (χ3v) is 3.86. The first-order chi connectivity index (χ1) is 7.31. The van der Waals surface area contributed by atoms with E-state index >= 15 is 0 Å². The minimum absolute atomic E-state index is 0.307. The molecule has 0 radical (unpaired) electrons. The lowest BCUT2D eigenvalue weighted by Crippen LogP contribution is -2.40. The topological polar surface area (TPSA) is 32.3 Å². The fourth-order valence-corrected chi connectivity index (χ4v) is 2.69. The van der Waals surface area contributed by atoms with Crippen molar-refractivity contribution in [1.82, 2.24) is 10.2 Å². The highest BCUT2D eigenvalue weighted by molar-refractivity contribution is 5.79. The first kappa shape index (κ1) is 10.9. The van der Waals surface area contributed by atoms with Gasteiger partial charge < -0.3 is 10.2 Å². The van der Waals surface area contributed by atoms with E-state index in [0.29, 0.717) is 11.8 Å². The Bertz CT molecular complexity index is 224. The quantitative estimate of drug-likeness (QED) is 0.744. The van der Waals surface area contributed by atoms with Crippen molar-refractivity contribution in [3.8, 4) is 0 Å². The van der Waals surface area contributed by atoms with Gasteiger partial charge in [0.25, 0.3) is 0 Å². The minimum Gasteiger partial charge on any atom is -0.342 e. The molecule has 86 valence electrons. The molecule has 3 heteroatoms. The van der Waals surface area contributed by atoms with E-state index in [4.69, 9.17) is 0 Å². The first-order valence-corrected chi connectivity index (χ1v) is 6.30. The van der Waals surface area contributed by atoms with Crippen LogP contribution >= 0.6 is 0 Å². The summed E-state index contributed by atoms with van der Waals surface area (Å²) in [4.78, 5) is 14.3. The lowest BCUT2D eigenvalue weighted by atomic mass is 9.96. The van der Waals surface area contributed by atoms with Gasteiger partial charge in [0.1, 0.15) is 0 Å². The van der Waals surface area contributed by atoms with Gasteiger partial charge in [0, 0.05) is 19.0 Å². The zero-order valence-electron chi connectivity index (χ0n) is 9.67. The average molecular weight is 210 g/mol. The van der Waals surface area contributed by atoms with Crippen LogP contribution in [0.5, 0.6) is 0 Å². The minimum atomic E-state index is 0.307. The SMILES string of the molecule is CCC1CCN(C(=O)C2CCNCC2)C1. The zero-order chi connectivity index (χ0) is 10.7. The molecule has 2 fully saturated rings. The summed E-state index contributed by atoms with van der Waals surface area (Å²) in [6.45, 7) is 6.27. The summed E-state index contributed by atoms with van der Waals surface area (Å²) in [6, 6.07) is 0. The molecule has 2 heterocycles. The largest absolute Gasteiger partial charge is 0.342 e. The predicted octanol–water partition coefficient (Wildman–Crippen LogP) is 1.24. The van der Waals surface area contributed by atoms with E-state index in [9.17, 15) is 4.79 Å². The zero-order valence-corrected chi connectivity index (χ0v) is 9.67. The van der Waals surface area contributed by atoms with Crippen LogP contribution in [0.1, 0.15) is 32.6 Å². The molecule has 0 aromatic heterocycles. The lowest BCUT2D eigenvalue weighted by molar-refractivity contribution is -0.135. The fourth-order valence-electron chi connectivity index (χ4n) is 2.69. The second kappa shape index (κ2) is 4.97. The Hall–Kier alpha value is -0.570. The van der Waals surface area contributed by atoms with Gasteiger partial charge in [0.05, 0.1) is 0 Å². The molecule has 1 unspecified atom stereocenters. The summed E-state index contributed by atoms with van der Waals surface area (Å²) in [7, 11) is 0. The van der Waals surface area contributed by atoms with Gasteiger partial charge >= 0.3 is 0 Å². The number of piperidine rings is 1. The van der Waals surface area contributed by atoms with Crippen LogP contribution < -0.4 is 5.32 Å². The molecule has 3 nitrogen and oxygen atoms in total. The smallest absolute Gasteiger partial charge is 0.225 e. The van der Waals surface area contributed by atoms with Gasteiger partial charge in [-0.1, -0.05) is 13.3 Å². The molecule has 0 aromatic carbocycles. The Morgan fingerprint density at radius 1 is 1.33 bits per heavy atom. The van der Waals surface area contributed by atoms with Gasteiger partial charge in [0.2, 0.25) is 5.91 Å². The number of nitrogens with one attached hydrogen (secondary N) is 1. The van der Waals surface area contributed by atoms with Crippen LogP contribution in [0, 0.1) is 11.8 Å². The maximum absolute atomic E-state index is 12.2. The van der Waals surface area contributed by atoms with Crippen molar-refractivity contribution in [2.75, 3.05) is 26.2 Å². The first-order valence-electron chi connectivity index (χ1n) is 6.30. The highest BCUT2D eigenvalue weighted by Gasteiger charge is 2.30. The van der Waals surface area contributed by atoms with Crippen molar-refractivity contribution in [2.45, 2.75) is 32.6 Å². The number of hydrogen-bond donors (Lipinski definition) is 1. The summed E-state index contributed by atoms with van der Waals surface area (Å²) >= 11 is 0. The maximum Gasteiger partial charge on any atom is 0.225 e. The molecule has 2 aliphatic heterocycles. The van der Waals surface area contributed by atoms with E-state index in [1.165, 1.54) is 12.8 Å². The van der Waals surface area contributed by atoms with Crippen LogP contribution in [-0.4, -0.2) is 37.0 Å². The van der Waals surface area contributed by atoms with Crippen LogP contribution in [0.25, 0.3) is 0 Å². The van der Waals surface area contributed by atoms with E-state index in [1.807, 2.05) is 0 Å². The number of carbonyl (C=O) groups excluding carboxylic acids is 1. The Morgan fingerprint density at radius 3 is 2.67 bits per heavy atom. The van der Waals surface area contributed by atoms with Gasteiger partial charge in [-0.25, -0.2) is 0 Å². The molecule has 1 amide bonds. The average Bonchev–Trinajstić information content (AvgIpc) is 2.78. The molecule has 0 spiro atoms. The third kappa shape index (κ3) is 2.51. The van der Waals surface area contributed by atoms with Gasteiger partial charge in [-0.05, 0) is 38.3 Å². The van der Waals surface area contributed by atoms with Crippen molar-refractivity contribution in [1.29, 1.82) is 0 Å². The van der Waals surface area contributed by atoms with Gasteiger partial charge in [0.15, 0.2) is 0 Å². The van der Waals surface area contributed by atoms with Crippen LogP contribution in [0.15, 0.2) is 0 Å². The highest BCUT2D eigenvalue weighted by Crippen LogP contribution is 2.23. The Morgan fingerprint density at radius 2 is 2.07 bits per heavy atom. The molecule has 15 heavy (non-hydrogen) atoms. The van der Waals surface area contributed by atoms with Crippen molar-refractivity contribution < 1.29 is 4.79 Å². The van der Waals surface area contributed by atoms with Crippen LogP contribution in [0.2, 0.25) is 0 Å². The van der Waals surface area contributed by atoms with E-state index in [2.05, 4.69) is 17.1 Å². The van der Waals surface area contributed by atoms with E-state index in [-0.39, 0.29) is 0 Å². The van der Waals surface area contributed by atoms with Crippen molar-refractivity contribution in [3.63, 3.8) is 0 Å². The third-order valence-electron chi connectivity index (χ3n) is 3.86. The summed E-state index contributed by atoms with van der Waals surface area (Å²) < 4.78 is 0. The molecular weight excluding hydrogens is 188 g/mol.